The summed E-state index contributed by atoms with van der Waals surface area (Å²) in [5.74, 6) is 1.48. The summed E-state index contributed by atoms with van der Waals surface area (Å²) in [6, 6.07) is 3.72. The van der Waals surface area contributed by atoms with Gasteiger partial charge in [-0.15, -0.1) is 0 Å². The monoisotopic (exact) mass is 427 g/mol. The summed E-state index contributed by atoms with van der Waals surface area (Å²) in [5.41, 5.74) is 2.03. The molecule has 1 aliphatic carbocycles. The van der Waals surface area contributed by atoms with Crippen LogP contribution < -0.4 is 19.5 Å². The molecule has 1 N–H and O–H groups in total. The van der Waals surface area contributed by atoms with Crippen molar-refractivity contribution in [3.63, 3.8) is 0 Å². The van der Waals surface area contributed by atoms with E-state index in [0.717, 1.165) is 18.4 Å². The van der Waals surface area contributed by atoms with Gasteiger partial charge in [-0.1, -0.05) is 13.8 Å². The molecule has 8 heteroatoms. The van der Waals surface area contributed by atoms with E-state index >= 15 is 0 Å². The molecule has 1 aromatic carbocycles. The second-order valence-corrected chi connectivity index (χ2v) is 7.54. The van der Waals surface area contributed by atoms with Crippen molar-refractivity contribution < 1.29 is 23.8 Å². The highest BCUT2D eigenvalue weighted by Gasteiger charge is 2.30. The fraction of sp³-hybridized carbons (Fsp3) is 0.478. The minimum absolute atomic E-state index is 0.0297. The third-order valence-corrected chi connectivity index (χ3v) is 5.79. The lowest BCUT2D eigenvalue weighted by Gasteiger charge is -2.25. The Morgan fingerprint density at radius 1 is 1.10 bits per heavy atom. The number of carbonyl (C=O) groups excluding carboxylic acids is 2. The van der Waals surface area contributed by atoms with Crippen LogP contribution in [-0.2, 0) is 11.2 Å². The second kappa shape index (κ2) is 9.76. The van der Waals surface area contributed by atoms with Crippen LogP contribution in [0, 0.1) is 5.92 Å². The molecular weight excluding hydrogens is 398 g/mol. The number of rotatable bonds is 8. The van der Waals surface area contributed by atoms with Gasteiger partial charge in [0.25, 0.3) is 0 Å². The van der Waals surface area contributed by atoms with Gasteiger partial charge in [0.15, 0.2) is 17.3 Å². The van der Waals surface area contributed by atoms with Gasteiger partial charge in [-0.3, -0.25) is 14.9 Å². The third kappa shape index (κ3) is 4.62. The molecule has 3 rings (SSSR count). The van der Waals surface area contributed by atoms with Crippen molar-refractivity contribution in [2.75, 3.05) is 26.6 Å². The molecule has 1 aromatic heterocycles. The molecule has 8 nitrogen and oxygen atoms in total. The number of hydrogen-bond acceptors (Lipinski definition) is 7. The van der Waals surface area contributed by atoms with Crippen LogP contribution in [0.15, 0.2) is 18.3 Å². The van der Waals surface area contributed by atoms with Gasteiger partial charge < -0.3 is 14.2 Å². The Bertz CT molecular complexity index is 947. The molecule has 0 unspecified atom stereocenters. The van der Waals surface area contributed by atoms with Gasteiger partial charge in [0.1, 0.15) is 0 Å². The molecule has 0 saturated heterocycles. The standard InChI is InChI=1S/C23H29N3O5/c1-6-13(7-2)22(28)26-23-24-12-16-17(25-23)8-14(9-18(16)27)15-10-19(29-3)21(31-5)20(11-15)30-4/h10-14H,6-9H2,1-5H3,(H,24,25,26,28)/t14-/m1/s1. The maximum Gasteiger partial charge on any atom is 0.229 e. The van der Waals surface area contributed by atoms with E-state index in [4.69, 9.17) is 14.2 Å². The minimum atomic E-state index is -0.105. The number of methoxy groups -OCH3 is 3. The lowest BCUT2D eigenvalue weighted by atomic mass is 9.82. The van der Waals surface area contributed by atoms with Gasteiger partial charge in [0.05, 0.1) is 32.6 Å². The summed E-state index contributed by atoms with van der Waals surface area (Å²) in [6.07, 6.45) is 3.87. The van der Waals surface area contributed by atoms with E-state index in [9.17, 15) is 9.59 Å². The average molecular weight is 428 g/mol. The molecule has 166 valence electrons. The molecule has 1 aliphatic rings. The maximum absolute atomic E-state index is 12.8. The van der Waals surface area contributed by atoms with Crippen LogP contribution in [-0.4, -0.2) is 43.0 Å². The van der Waals surface area contributed by atoms with E-state index in [1.54, 1.807) is 21.3 Å². The molecule has 0 aliphatic heterocycles. The highest BCUT2D eigenvalue weighted by Crippen LogP contribution is 2.42. The largest absolute Gasteiger partial charge is 0.493 e. The van der Waals surface area contributed by atoms with Gasteiger partial charge in [0, 0.05) is 18.5 Å². The first kappa shape index (κ1) is 22.5. The number of ketones is 1. The predicted molar refractivity (Wildman–Crippen MR) is 116 cm³/mol. The SMILES string of the molecule is CCC(CC)C(=O)Nc1ncc2c(n1)C[C@@H](c1cc(OC)c(OC)c(OC)c1)CC2=O. The van der Waals surface area contributed by atoms with Gasteiger partial charge >= 0.3 is 0 Å². The number of Topliss-reactive ketones (excluding diaryl/α,β-unsaturated/α-hetero) is 1. The van der Waals surface area contributed by atoms with E-state index < -0.39 is 0 Å². The zero-order valence-electron chi connectivity index (χ0n) is 18.7. The zero-order chi connectivity index (χ0) is 22.5. The predicted octanol–water partition coefficient (Wildman–Crippen LogP) is 3.79. The average Bonchev–Trinajstić information content (AvgIpc) is 2.78. The Kier molecular flexibility index (Phi) is 7.09. The summed E-state index contributed by atoms with van der Waals surface area (Å²) in [7, 11) is 4.67. The van der Waals surface area contributed by atoms with Gasteiger partial charge in [-0.2, -0.15) is 0 Å². The molecule has 0 fully saturated rings. The molecular formula is C23H29N3O5. The fourth-order valence-electron chi connectivity index (χ4n) is 3.95. The summed E-state index contributed by atoms with van der Waals surface area (Å²) in [4.78, 5) is 33.9. The van der Waals surface area contributed by atoms with Crippen LogP contribution in [0.25, 0.3) is 0 Å². The summed E-state index contributed by atoms with van der Waals surface area (Å²) >= 11 is 0. The summed E-state index contributed by atoms with van der Waals surface area (Å²) in [5, 5.41) is 2.79. The molecule has 1 amide bonds. The number of ether oxygens (including phenoxy) is 3. The highest BCUT2D eigenvalue weighted by molar-refractivity contribution is 5.99. The zero-order valence-corrected chi connectivity index (χ0v) is 18.7. The van der Waals surface area contributed by atoms with E-state index in [-0.39, 0.29) is 29.5 Å². The Morgan fingerprint density at radius 2 is 1.74 bits per heavy atom. The van der Waals surface area contributed by atoms with E-state index in [2.05, 4.69) is 15.3 Å². The van der Waals surface area contributed by atoms with E-state index in [0.29, 0.717) is 41.3 Å². The van der Waals surface area contributed by atoms with E-state index in [1.165, 1.54) is 6.20 Å². The van der Waals surface area contributed by atoms with Crippen LogP contribution in [0.2, 0.25) is 0 Å². The van der Waals surface area contributed by atoms with Crippen molar-refractivity contribution >= 4 is 17.6 Å². The number of aromatic nitrogens is 2. The van der Waals surface area contributed by atoms with Crippen LogP contribution in [0.4, 0.5) is 5.95 Å². The van der Waals surface area contributed by atoms with Crippen molar-refractivity contribution in [2.24, 2.45) is 5.92 Å². The Labute approximate surface area is 182 Å². The first-order valence-corrected chi connectivity index (χ1v) is 10.4. The first-order chi connectivity index (χ1) is 14.9. The molecule has 0 bridgehead atoms. The number of fused-ring (bicyclic) bond motifs is 1. The van der Waals surface area contributed by atoms with Crippen molar-refractivity contribution in [2.45, 2.75) is 45.4 Å². The number of anilines is 1. The maximum atomic E-state index is 12.8. The number of nitrogens with one attached hydrogen (secondary N) is 1. The molecule has 0 saturated carbocycles. The number of nitrogens with zero attached hydrogens (tertiary/aromatic N) is 2. The molecule has 0 radical (unpaired) electrons. The smallest absolute Gasteiger partial charge is 0.229 e. The number of benzene rings is 1. The van der Waals surface area contributed by atoms with Crippen molar-refractivity contribution in [1.82, 2.24) is 9.97 Å². The van der Waals surface area contributed by atoms with Crippen molar-refractivity contribution in [3.8, 4) is 17.2 Å². The van der Waals surface area contributed by atoms with Gasteiger partial charge in [-0.25, -0.2) is 9.97 Å². The normalized spacial score (nSPS) is 15.4. The lowest BCUT2D eigenvalue weighted by molar-refractivity contribution is -0.120. The quantitative estimate of drug-likeness (QED) is 0.684. The Morgan fingerprint density at radius 3 is 2.29 bits per heavy atom. The molecule has 1 heterocycles. The first-order valence-electron chi connectivity index (χ1n) is 10.4. The highest BCUT2D eigenvalue weighted by atomic mass is 16.5. The number of hydrogen-bond donors (Lipinski definition) is 1. The van der Waals surface area contributed by atoms with Crippen LogP contribution in [0.3, 0.4) is 0 Å². The van der Waals surface area contributed by atoms with Crippen LogP contribution >= 0.6 is 0 Å². The summed E-state index contributed by atoms with van der Waals surface area (Å²) in [6.45, 7) is 3.95. The number of carbonyl (C=O) groups is 2. The van der Waals surface area contributed by atoms with E-state index in [1.807, 2.05) is 26.0 Å². The lowest BCUT2D eigenvalue weighted by Crippen LogP contribution is -2.25. The molecule has 2 aromatic rings. The molecule has 0 spiro atoms. The second-order valence-electron chi connectivity index (χ2n) is 7.54. The molecule has 31 heavy (non-hydrogen) atoms. The molecule has 1 atom stereocenters. The minimum Gasteiger partial charge on any atom is -0.493 e. The number of amides is 1. The van der Waals surface area contributed by atoms with Crippen LogP contribution in [0.1, 0.15) is 60.6 Å². The van der Waals surface area contributed by atoms with Crippen LogP contribution in [0.5, 0.6) is 17.2 Å². The third-order valence-electron chi connectivity index (χ3n) is 5.79. The van der Waals surface area contributed by atoms with Gasteiger partial charge in [0.2, 0.25) is 17.6 Å². The Hall–Kier alpha value is -3.16. The van der Waals surface area contributed by atoms with Gasteiger partial charge in [-0.05, 0) is 42.9 Å². The summed E-state index contributed by atoms with van der Waals surface area (Å²) < 4.78 is 16.3. The fourth-order valence-corrected chi connectivity index (χ4v) is 3.95. The Balaban J connectivity index is 1.90. The topological polar surface area (TPSA) is 99.6 Å². The van der Waals surface area contributed by atoms with Crippen molar-refractivity contribution in [3.05, 3.63) is 35.2 Å². The van der Waals surface area contributed by atoms with Crippen molar-refractivity contribution in [1.29, 1.82) is 0 Å².